The maximum atomic E-state index is 12.6. The van der Waals surface area contributed by atoms with Gasteiger partial charge in [-0.05, 0) is 53.9 Å². The standard InChI is InChI=1S/C21H17ClN2O3/c22-16-6-3-14(4-7-16)12-20(25)23-17-8-5-15-9-10-24(18(15)13-17)21(26)19-2-1-11-27-19/h1-8,11,13H,9-10,12H2,(H,23,25). The summed E-state index contributed by atoms with van der Waals surface area (Å²) in [6.45, 7) is 0.594. The Kier molecular flexibility index (Phi) is 4.69. The van der Waals surface area contributed by atoms with E-state index in [4.69, 9.17) is 16.0 Å². The van der Waals surface area contributed by atoms with Gasteiger partial charge in [-0.2, -0.15) is 0 Å². The fourth-order valence-corrected chi connectivity index (χ4v) is 3.32. The van der Waals surface area contributed by atoms with E-state index in [-0.39, 0.29) is 18.2 Å². The molecule has 0 atom stereocenters. The van der Waals surface area contributed by atoms with Crippen molar-refractivity contribution in [3.05, 3.63) is 82.8 Å². The normalized spacial score (nSPS) is 12.7. The van der Waals surface area contributed by atoms with E-state index in [9.17, 15) is 9.59 Å². The molecule has 1 aliphatic heterocycles. The van der Waals surface area contributed by atoms with Gasteiger partial charge >= 0.3 is 0 Å². The Hall–Kier alpha value is -3.05. The lowest BCUT2D eigenvalue weighted by Gasteiger charge is -2.17. The Labute approximate surface area is 161 Å². The van der Waals surface area contributed by atoms with E-state index >= 15 is 0 Å². The molecule has 0 unspecified atom stereocenters. The van der Waals surface area contributed by atoms with Crippen LogP contribution in [0, 0.1) is 0 Å². The smallest absolute Gasteiger partial charge is 0.293 e. The Morgan fingerprint density at radius 3 is 2.67 bits per heavy atom. The van der Waals surface area contributed by atoms with Crippen molar-refractivity contribution in [2.45, 2.75) is 12.8 Å². The summed E-state index contributed by atoms with van der Waals surface area (Å²) in [6.07, 6.45) is 2.52. The number of halogens is 1. The van der Waals surface area contributed by atoms with Crippen molar-refractivity contribution in [1.82, 2.24) is 0 Å². The van der Waals surface area contributed by atoms with Crippen molar-refractivity contribution in [3.63, 3.8) is 0 Å². The van der Waals surface area contributed by atoms with E-state index in [1.54, 1.807) is 29.2 Å². The molecule has 2 amide bonds. The number of carbonyl (C=O) groups excluding carboxylic acids is 2. The lowest BCUT2D eigenvalue weighted by atomic mass is 10.1. The second kappa shape index (κ2) is 7.29. The Balaban J connectivity index is 1.49. The predicted molar refractivity (Wildman–Crippen MR) is 104 cm³/mol. The first-order chi connectivity index (χ1) is 13.1. The maximum absolute atomic E-state index is 12.6. The van der Waals surface area contributed by atoms with E-state index < -0.39 is 0 Å². The predicted octanol–water partition coefficient (Wildman–Crippen LogP) is 4.32. The van der Waals surface area contributed by atoms with Crippen LogP contribution in [0.5, 0.6) is 0 Å². The minimum absolute atomic E-state index is 0.126. The molecular formula is C21H17ClN2O3. The molecule has 0 spiro atoms. The van der Waals surface area contributed by atoms with Crippen molar-refractivity contribution in [1.29, 1.82) is 0 Å². The summed E-state index contributed by atoms with van der Waals surface area (Å²) >= 11 is 5.87. The lowest BCUT2D eigenvalue weighted by Crippen LogP contribution is -2.28. The first-order valence-electron chi connectivity index (χ1n) is 8.63. The molecule has 6 heteroatoms. The van der Waals surface area contributed by atoms with E-state index in [0.29, 0.717) is 23.0 Å². The molecule has 4 rings (SSSR count). The van der Waals surface area contributed by atoms with Gasteiger partial charge in [-0.3, -0.25) is 9.59 Å². The van der Waals surface area contributed by atoms with Crippen LogP contribution in [0.25, 0.3) is 0 Å². The molecule has 5 nitrogen and oxygen atoms in total. The number of amides is 2. The number of furan rings is 1. The van der Waals surface area contributed by atoms with Crippen LogP contribution in [0.4, 0.5) is 11.4 Å². The van der Waals surface area contributed by atoms with Gasteiger partial charge in [-0.25, -0.2) is 0 Å². The largest absolute Gasteiger partial charge is 0.459 e. The highest BCUT2D eigenvalue weighted by Crippen LogP contribution is 2.32. The molecule has 1 aromatic heterocycles. The molecule has 1 N–H and O–H groups in total. The second-order valence-corrected chi connectivity index (χ2v) is 6.82. The number of fused-ring (bicyclic) bond motifs is 1. The third-order valence-corrected chi connectivity index (χ3v) is 4.77. The summed E-state index contributed by atoms with van der Waals surface area (Å²) in [5.41, 5.74) is 3.42. The molecule has 0 saturated heterocycles. The molecule has 0 aliphatic carbocycles. The number of rotatable bonds is 4. The number of nitrogens with zero attached hydrogens (tertiary/aromatic N) is 1. The molecule has 0 fully saturated rings. The fraction of sp³-hybridized carbons (Fsp3) is 0.143. The van der Waals surface area contributed by atoms with Crippen LogP contribution in [0.2, 0.25) is 5.02 Å². The first kappa shape index (κ1) is 17.4. The molecule has 2 aromatic carbocycles. The van der Waals surface area contributed by atoms with Crippen molar-refractivity contribution < 1.29 is 14.0 Å². The molecular weight excluding hydrogens is 364 g/mol. The molecule has 0 radical (unpaired) electrons. The molecule has 3 aromatic rings. The van der Waals surface area contributed by atoms with Gasteiger partial charge in [-0.15, -0.1) is 0 Å². The van der Waals surface area contributed by atoms with Crippen LogP contribution < -0.4 is 10.2 Å². The van der Waals surface area contributed by atoms with Crippen LogP contribution in [0.15, 0.2) is 65.3 Å². The third kappa shape index (κ3) is 3.73. The van der Waals surface area contributed by atoms with Crippen molar-refractivity contribution in [2.24, 2.45) is 0 Å². The highest BCUT2D eigenvalue weighted by atomic mass is 35.5. The fourth-order valence-electron chi connectivity index (χ4n) is 3.19. The maximum Gasteiger partial charge on any atom is 0.293 e. The van der Waals surface area contributed by atoms with Gasteiger partial charge in [0.05, 0.1) is 12.7 Å². The van der Waals surface area contributed by atoms with Gasteiger partial charge in [0.25, 0.3) is 5.91 Å². The van der Waals surface area contributed by atoms with E-state index in [1.165, 1.54) is 6.26 Å². The summed E-state index contributed by atoms with van der Waals surface area (Å²) in [6, 6.07) is 16.2. The van der Waals surface area contributed by atoms with Crippen molar-refractivity contribution in [2.75, 3.05) is 16.8 Å². The monoisotopic (exact) mass is 380 g/mol. The second-order valence-electron chi connectivity index (χ2n) is 6.38. The summed E-state index contributed by atoms with van der Waals surface area (Å²) < 4.78 is 5.22. The molecule has 0 saturated carbocycles. The zero-order valence-electron chi connectivity index (χ0n) is 14.4. The average molecular weight is 381 g/mol. The zero-order chi connectivity index (χ0) is 18.8. The number of anilines is 2. The Morgan fingerprint density at radius 2 is 1.93 bits per heavy atom. The number of hydrogen-bond acceptors (Lipinski definition) is 3. The Bertz CT molecular complexity index is 981. The van der Waals surface area contributed by atoms with Crippen LogP contribution in [-0.2, 0) is 17.6 Å². The molecule has 136 valence electrons. The van der Waals surface area contributed by atoms with Gasteiger partial charge in [-0.1, -0.05) is 29.8 Å². The topological polar surface area (TPSA) is 62.6 Å². The molecule has 2 heterocycles. The van der Waals surface area contributed by atoms with Crippen LogP contribution in [0.1, 0.15) is 21.7 Å². The van der Waals surface area contributed by atoms with Crippen molar-refractivity contribution in [3.8, 4) is 0 Å². The SMILES string of the molecule is O=C(Cc1ccc(Cl)cc1)Nc1ccc2c(c1)N(C(=O)c1ccco1)CC2. The van der Waals surface area contributed by atoms with Crippen LogP contribution in [-0.4, -0.2) is 18.4 Å². The average Bonchev–Trinajstić information content (AvgIpc) is 3.32. The van der Waals surface area contributed by atoms with Crippen LogP contribution in [0.3, 0.4) is 0 Å². The molecule has 0 bridgehead atoms. The van der Waals surface area contributed by atoms with Gasteiger partial charge in [0.2, 0.25) is 5.91 Å². The number of hydrogen-bond donors (Lipinski definition) is 1. The lowest BCUT2D eigenvalue weighted by molar-refractivity contribution is -0.115. The highest BCUT2D eigenvalue weighted by Gasteiger charge is 2.27. The van der Waals surface area contributed by atoms with E-state index in [2.05, 4.69) is 5.32 Å². The number of carbonyl (C=O) groups is 2. The van der Waals surface area contributed by atoms with Gasteiger partial charge < -0.3 is 14.6 Å². The summed E-state index contributed by atoms with van der Waals surface area (Å²) in [7, 11) is 0. The van der Waals surface area contributed by atoms with Gasteiger partial charge in [0, 0.05) is 22.9 Å². The number of nitrogens with one attached hydrogen (secondary N) is 1. The molecule has 1 aliphatic rings. The minimum atomic E-state index is -0.177. The number of benzene rings is 2. The molecule has 27 heavy (non-hydrogen) atoms. The third-order valence-electron chi connectivity index (χ3n) is 4.52. The van der Waals surface area contributed by atoms with Crippen molar-refractivity contribution >= 4 is 34.8 Å². The first-order valence-corrected chi connectivity index (χ1v) is 9.00. The quantitative estimate of drug-likeness (QED) is 0.733. The summed E-state index contributed by atoms with van der Waals surface area (Å²) in [5, 5.41) is 3.53. The van der Waals surface area contributed by atoms with Crippen LogP contribution >= 0.6 is 11.6 Å². The highest BCUT2D eigenvalue weighted by molar-refractivity contribution is 6.30. The zero-order valence-corrected chi connectivity index (χ0v) is 15.2. The summed E-state index contributed by atoms with van der Waals surface area (Å²) in [4.78, 5) is 26.6. The minimum Gasteiger partial charge on any atom is -0.459 e. The van der Waals surface area contributed by atoms with Gasteiger partial charge in [0.1, 0.15) is 0 Å². The summed E-state index contributed by atoms with van der Waals surface area (Å²) in [5.74, 6) is 0.00241. The van der Waals surface area contributed by atoms with Gasteiger partial charge in [0.15, 0.2) is 5.76 Å². The van der Waals surface area contributed by atoms with E-state index in [1.807, 2.05) is 30.3 Å². The van der Waals surface area contributed by atoms with E-state index in [0.717, 1.165) is 23.2 Å². The Morgan fingerprint density at radius 1 is 1.11 bits per heavy atom.